The number of nitrogens with one attached hydrogen (secondary N) is 1. The van der Waals surface area contributed by atoms with Crippen molar-refractivity contribution in [3.8, 4) is 0 Å². The van der Waals surface area contributed by atoms with E-state index < -0.39 is 0 Å². The molecule has 1 aliphatic rings. The maximum atomic E-state index is 5.96. The highest BCUT2D eigenvalue weighted by atomic mass is 32.1. The first-order valence-corrected chi connectivity index (χ1v) is 9.68. The van der Waals surface area contributed by atoms with Crippen molar-refractivity contribution in [2.75, 3.05) is 5.32 Å². The Morgan fingerprint density at radius 3 is 2.88 bits per heavy atom. The van der Waals surface area contributed by atoms with Crippen molar-refractivity contribution >= 4 is 37.6 Å². The molecule has 132 valence electrons. The Kier molecular flexibility index (Phi) is 3.92. The van der Waals surface area contributed by atoms with Gasteiger partial charge in [-0.2, -0.15) is 0 Å². The lowest BCUT2D eigenvalue weighted by atomic mass is 9.95. The number of hydrogen-bond donors (Lipinski definition) is 1. The second-order valence-electron chi connectivity index (χ2n) is 7.52. The summed E-state index contributed by atoms with van der Waals surface area (Å²) >= 11 is 1.68. The van der Waals surface area contributed by atoms with Crippen molar-refractivity contribution in [1.82, 2.24) is 15.0 Å². The number of nitrogens with zero attached hydrogens (tertiary/aromatic N) is 3. The van der Waals surface area contributed by atoms with Gasteiger partial charge in [-0.3, -0.25) is 0 Å². The Hall–Kier alpha value is -1.79. The fourth-order valence-corrected chi connectivity index (χ4v) is 4.27. The molecule has 0 saturated carbocycles. The van der Waals surface area contributed by atoms with Crippen LogP contribution in [-0.2, 0) is 17.8 Å². The van der Waals surface area contributed by atoms with Crippen LogP contribution in [0.25, 0.3) is 20.4 Å². The number of hydrogen-bond acceptors (Lipinski definition) is 6. The van der Waals surface area contributed by atoms with Crippen molar-refractivity contribution < 1.29 is 4.74 Å². The van der Waals surface area contributed by atoms with Crippen molar-refractivity contribution in [2.45, 2.75) is 65.7 Å². The maximum absolute atomic E-state index is 5.96. The number of thiophene rings is 1. The fraction of sp³-hybridized carbons (Fsp3) is 0.526. The number of fused-ring (bicyclic) bond motifs is 4. The van der Waals surface area contributed by atoms with Gasteiger partial charge in [-0.25, -0.2) is 15.0 Å². The van der Waals surface area contributed by atoms with Crippen LogP contribution in [0, 0.1) is 6.92 Å². The highest BCUT2D eigenvalue weighted by Gasteiger charge is 2.28. The molecule has 3 aromatic heterocycles. The van der Waals surface area contributed by atoms with Gasteiger partial charge in [0, 0.05) is 23.4 Å². The molecule has 0 bridgehead atoms. The molecule has 0 spiro atoms. The first-order valence-electron chi connectivity index (χ1n) is 8.86. The Morgan fingerprint density at radius 2 is 2.12 bits per heavy atom. The summed E-state index contributed by atoms with van der Waals surface area (Å²) in [5.41, 5.74) is 3.18. The summed E-state index contributed by atoms with van der Waals surface area (Å²) in [5.74, 6) is 1.71. The van der Waals surface area contributed by atoms with E-state index in [1.165, 1.54) is 5.56 Å². The van der Waals surface area contributed by atoms with E-state index in [0.29, 0.717) is 12.6 Å². The van der Waals surface area contributed by atoms with Gasteiger partial charge in [0.1, 0.15) is 16.5 Å². The van der Waals surface area contributed by atoms with Crippen molar-refractivity contribution in [3.63, 3.8) is 0 Å². The number of aryl methyl sites for hydroxylation is 1. The van der Waals surface area contributed by atoms with Crippen molar-refractivity contribution in [2.24, 2.45) is 0 Å². The van der Waals surface area contributed by atoms with Gasteiger partial charge in [0.15, 0.2) is 0 Å². The molecule has 6 heteroatoms. The fourth-order valence-electron chi connectivity index (χ4n) is 3.20. The molecule has 5 nitrogen and oxygen atoms in total. The van der Waals surface area contributed by atoms with Crippen LogP contribution in [0.3, 0.4) is 0 Å². The Labute approximate surface area is 151 Å². The molecule has 1 atom stereocenters. The standard InChI is InChI=1S/C19H24N4OS/c1-6-10(2)20-17-16-15(21-11(3)22-17)13-7-12-9-24-19(4,5)8-14(12)23-18(13)25-16/h7,10H,6,8-9H2,1-5H3,(H,20,21,22). The lowest BCUT2D eigenvalue weighted by Crippen LogP contribution is -2.32. The first kappa shape index (κ1) is 16.7. The smallest absolute Gasteiger partial charge is 0.148 e. The number of pyridine rings is 1. The van der Waals surface area contributed by atoms with E-state index in [-0.39, 0.29) is 5.60 Å². The van der Waals surface area contributed by atoms with Crippen LogP contribution < -0.4 is 5.32 Å². The topological polar surface area (TPSA) is 59.9 Å². The van der Waals surface area contributed by atoms with Gasteiger partial charge in [0.25, 0.3) is 0 Å². The summed E-state index contributed by atoms with van der Waals surface area (Å²) in [6, 6.07) is 2.59. The molecule has 4 heterocycles. The third-order valence-corrected chi connectivity index (χ3v) is 5.89. The van der Waals surface area contributed by atoms with Gasteiger partial charge in [-0.15, -0.1) is 11.3 Å². The zero-order valence-corrected chi connectivity index (χ0v) is 16.3. The van der Waals surface area contributed by atoms with Gasteiger partial charge in [0.2, 0.25) is 0 Å². The third kappa shape index (κ3) is 2.98. The zero-order valence-electron chi connectivity index (χ0n) is 15.4. The molecule has 4 rings (SSSR count). The van der Waals surface area contributed by atoms with E-state index in [9.17, 15) is 0 Å². The van der Waals surface area contributed by atoms with E-state index in [1.54, 1.807) is 11.3 Å². The largest absolute Gasteiger partial charge is 0.370 e. The Morgan fingerprint density at radius 1 is 1.32 bits per heavy atom. The van der Waals surface area contributed by atoms with E-state index in [0.717, 1.165) is 50.6 Å². The van der Waals surface area contributed by atoms with E-state index in [1.807, 2.05) is 6.92 Å². The lowest BCUT2D eigenvalue weighted by molar-refractivity contribution is -0.0411. The Balaban J connectivity index is 1.91. The van der Waals surface area contributed by atoms with Crippen LogP contribution in [0.4, 0.5) is 5.82 Å². The van der Waals surface area contributed by atoms with Crippen LogP contribution in [0.5, 0.6) is 0 Å². The molecular formula is C19H24N4OS. The highest BCUT2D eigenvalue weighted by molar-refractivity contribution is 7.25. The molecule has 0 aliphatic carbocycles. The number of anilines is 1. The first-order chi connectivity index (χ1) is 11.9. The maximum Gasteiger partial charge on any atom is 0.148 e. The summed E-state index contributed by atoms with van der Waals surface area (Å²) in [6.45, 7) is 11.1. The second kappa shape index (κ2) is 5.88. The van der Waals surface area contributed by atoms with Crippen LogP contribution in [0.2, 0.25) is 0 Å². The van der Waals surface area contributed by atoms with Gasteiger partial charge >= 0.3 is 0 Å². The average molecular weight is 356 g/mol. The molecule has 0 aromatic carbocycles. The van der Waals surface area contributed by atoms with Crippen molar-refractivity contribution in [1.29, 1.82) is 0 Å². The summed E-state index contributed by atoms with van der Waals surface area (Å²) in [7, 11) is 0. The van der Waals surface area contributed by atoms with E-state index in [4.69, 9.17) is 14.7 Å². The monoisotopic (exact) mass is 356 g/mol. The van der Waals surface area contributed by atoms with Gasteiger partial charge in [0.05, 0.1) is 28.1 Å². The SMILES string of the molecule is CCC(C)Nc1nc(C)nc2c1sc1nc3c(cc12)COC(C)(C)C3. The summed E-state index contributed by atoms with van der Waals surface area (Å²) in [6.07, 6.45) is 1.89. The molecule has 3 aromatic rings. The van der Waals surface area contributed by atoms with Crippen LogP contribution in [-0.4, -0.2) is 26.6 Å². The minimum Gasteiger partial charge on any atom is -0.370 e. The molecule has 0 saturated heterocycles. The quantitative estimate of drug-likeness (QED) is 0.742. The minimum absolute atomic E-state index is 0.149. The summed E-state index contributed by atoms with van der Waals surface area (Å²) in [5, 5.41) is 4.64. The van der Waals surface area contributed by atoms with Crippen molar-refractivity contribution in [3.05, 3.63) is 23.1 Å². The Bertz CT molecular complexity index is 963. The predicted molar refractivity (Wildman–Crippen MR) is 103 cm³/mol. The molecule has 1 N–H and O–H groups in total. The lowest BCUT2D eigenvalue weighted by Gasteiger charge is -2.30. The molecule has 0 fully saturated rings. The molecular weight excluding hydrogens is 332 g/mol. The summed E-state index contributed by atoms with van der Waals surface area (Å²) < 4.78 is 7.06. The molecule has 0 radical (unpaired) electrons. The van der Waals surface area contributed by atoms with Gasteiger partial charge < -0.3 is 10.1 Å². The predicted octanol–water partition coefficient (Wildman–Crippen LogP) is 4.61. The number of aromatic nitrogens is 3. The van der Waals surface area contributed by atoms with Crippen LogP contribution in [0.1, 0.15) is 51.2 Å². The molecule has 1 unspecified atom stereocenters. The molecule has 0 amide bonds. The van der Waals surface area contributed by atoms with Gasteiger partial charge in [-0.05, 0) is 40.2 Å². The van der Waals surface area contributed by atoms with Crippen LogP contribution >= 0.6 is 11.3 Å². The van der Waals surface area contributed by atoms with E-state index >= 15 is 0 Å². The van der Waals surface area contributed by atoms with Crippen LogP contribution in [0.15, 0.2) is 6.07 Å². The van der Waals surface area contributed by atoms with Gasteiger partial charge in [-0.1, -0.05) is 6.92 Å². The van der Waals surface area contributed by atoms with E-state index in [2.05, 4.69) is 44.1 Å². The molecule has 1 aliphatic heterocycles. The third-order valence-electron chi connectivity index (χ3n) is 4.79. The normalized spacial score (nSPS) is 17.6. The summed E-state index contributed by atoms with van der Waals surface area (Å²) in [4.78, 5) is 15.4. The number of rotatable bonds is 3. The average Bonchev–Trinajstić information content (AvgIpc) is 2.89. The highest BCUT2D eigenvalue weighted by Crippen LogP contribution is 2.38. The number of ether oxygens (including phenoxy) is 1. The molecule has 25 heavy (non-hydrogen) atoms. The second-order valence-corrected chi connectivity index (χ2v) is 8.52. The minimum atomic E-state index is -0.149. The zero-order chi connectivity index (χ0) is 17.8.